The molecule has 2 amide bonds. The number of amides is 2. The molecule has 0 unspecified atom stereocenters. The van der Waals surface area contributed by atoms with E-state index in [1.807, 2.05) is 37.3 Å². The topological polar surface area (TPSA) is 66.7 Å². The minimum atomic E-state index is -0.247. The van der Waals surface area contributed by atoms with E-state index >= 15 is 0 Å². The van der Waals surface area contributed by atoms with Crippen molar-refractivity contribution in [3.63, 3.8) is 0 Å². The third-order valence-corrected chi connectivity index (χ3v) is 4.91. The Labute approximate surface area is 157 Å². The highest BCUT2D eigenvalue weighted by Gasteiger charge is 2.27. The molecule has 3 heterocycles. The van der Waals surface area contributed by atoms with Crippen molar-refractivity contribution >= 4 is 17.3 Å². The fourth-order valence-electron chi connectivity index (χ4n) is 3.49. The van der Waals surface area contributed by atoms with Crippen LogP contribution in [0.1, 0.15) is 45.6 Å². The molecule has 1 aliphatic heterocycles. The molecule has 0 saturated heterocycles. The maximum Gasteiger partial charge on any atom is 0.290 e. The lowest BCUT2D eigenvalue weighted by Crippen LogP contribution is -2.37. The number of hydrogen-bond acceptors (Lipinski definition) is 3. The predicted octanol–water partition coefficient (Wildman–Crippen LogP) is 2.67. The number of benzene rings is 1. The highest BCUT2D eigenvalue weighted by Crippen LogP contribution is 2.21. The number of imidazole rings is 1. The Morgan fingerprint density at radius 2 is 1.89 bits per heavy atom. The van der Waals surface area contributed by atoms with E-state index in [-0.39, 0.29) is 17.6 Å². The van der Waals surface area contributed by atoms with Crippen molar-refractivity contribution in [2.24, 2.45) is 0 Å². The van der Waals surface area contributed by atoms with Crippen LogP contribution in [0.25, 0.3) is 5.52 Å². The third kappa shape index (κ3) is 3.18. The fourth-order valence-corrected chi connectivity index (χ4v) is 3.49. The number of hydrogen-bond donors (Lipinski definition) is 1. The molecule has 27 heavy (non-hydrogen) atoms. The monoisotopic (exact) mass is 362 g/mol. The summed E-state index contributed by atoms with van der Waals surface area (Å²) in [7, 11) is 0. The summed E-state index contributed by atoms with van der Waals surface area (Å²) in [5.41, 5.74) is 3.39. The van der Waals surface area contributed by atoms with Crippen LogP contribution in [-0.2, 0) is 13.0 Å². The van der Waals surface area contributed by atoms with Crippen molar-refractivity contribution in [2.75, 3.05) is 13.1 Å². The van der Waals surface area contributed by atoms with Crippen molar-refractivity contribution in [2.45, 2.75) is 26.3 Å². The second-order valence-corrected chi connectivity index (χ2v) is 6.74. The average Bonchev–Trinajstić information content (AvgIpc) is 3.11. The lowest BCUT2D eigenvalue weighted by molar-refractivity contribution is 0.0721. The van der Waals surface area contributed by atoms with E-state index in [1.54, 1.807) is 15.5 Å². The van der Waals surface area contributed by atoms with Crippen molar-refractivity contribution in [1.82, 2.24) is 19.6 Å². The van der Waals surface area contributed by atoms with Gasteiger partial charge in [-0.25, -0.2) is 4.98 Å². The van der Waals surface area contributed by atoms with Gasteiger partial charge in [-0.3, -0.25) is 14.0 Å². The normalized spacial score (nSPS) is 13.4. The Morgan fingerprint density at radius 1 is 1.11 bits per heavy atom. The van der Waals surface area contributed by atoms with Crippen LogP contribution >= 0.6 is 0 Å². The number of carbonyl (C=O) groups excluding carboxylic acids is 2. The number of pyridine rings is 1. The van der Waals surface area contributed by atoms with Gasteiger partial charge in [-0.1, -0.05) is 37.3 Å². The van der Waals surface area contributed by atoms with Crippen molar-refractivity contribution in [3.8, 4) is 0 Å². The van der Waals surface area contributed by atoms with Crippen LogP contribution in [0.15, 0.2) is 48.7 Å². The van der Waals surface area contributed by atoms with Gasteiger partial charge in [-0.05, 0) is 36.1 Å². The molecule has 1 aliphatic rings. The molecule has 1 aromatic carbocycles. The molecule has 0 saturated carbocycles. The highest BCUT2D eigenvalue weighted by atomic mass is 16.2. The maximum atomic E-state index is 13.2. The SMILES string of the molecule is CCCNC(=O)c1nc(C(=O)N2CCc3ccccc3C2)n2ccccc12. The van der Waals surface area contributed by atoms with E-state index in [2.05, 4.69) is 22.4 Å². The first kappa shape index (κ1) is 17.3. The summed E-state index contributed by atoms with van der Waals surface area (Å²) in [5.74, 6) is -0.115. The van der Waals surface area contributed by atoms with Crippen LogP contribution in [0.4, 0.5) is 0 Å². The number of nitrogens with one attached hydrogen (secondary N) is 1. The van der Waals surface area contributed by atoms with Gasteiger partial charge in [0.1, 0.15) is 0 Å². The molecule has 6 heteroatoms. The molecule has 6 nitrogen and oxygen atoms in total. The van der Waals surface area contributed by atoms with E-state index in [9.17, 15) is 9.59 Å². The molecule has 4 rings (SSSR count). The van der Waals surface area contributed by atoms with E-state index in [0.29, 0.717) is 30.8 Å². The van der Waals surface area contributed by atoms with Gasteiger partial charge in [-0.15, -0.1) is 0 Å². The molecule has 0 atom stereocenters. The Hall–Kier alpha value is -3.15. The first-order valence-corrected chi connectivity index (χ1v) is 9.30. The zero-order chi connectivity index (χ0) is 18.8. The van der Waals surface area contributed by atoms with Gasteiger partial charge in [0.05, 0.1) is 5.52 Å². The first-order chi connectivity index (χ1) is 13.2. The zero-order valence-electron chi connectivity index (χ0n) is 15.3. The summed E-state index contributed by atoms with van der Waals surface area (Å²) < 4.78 is 1.71. The minimum absolute atomic E-state index is 0.153. The molecule has 0 bridgehead atoms. The van der Waals surface area contributed by atoms with Crippen LogP contribution < -0.4 is 5.32 Å². The van der Waals surface area contributed by atoms with Gasteiger partial charge in [0.15, 0.2) is 5.69 Å². The minimum Gasteiger partial charge on any atom is -0.351 e. The molecule has 0 spiro atoms. The van der Waals surface area contributed by atoms with E-state index < -0.39 is 0 Å². The van der Waals surface area contributed by atoms with Crippen molar-refractivity contribution < 1.29 is 9.59 Å². The summed E-state index contributed by atoms with van der Waals surface area (Å²) >= 11 is 0. The number of aromatic nitrogens is 2. The van der Waals surface area contributed by atoms with Crippen LogP contribution in [0.3, 0.4) is 0 Å². The zero-order valence-corrected chi connectivity index (χ0v) is 15.3. The van der Waals surface area contributed by atoms with E-state index in [0.717, 1.165) is 12.8 Å². The average molecular weight is 362 g/mol. The molecule has 0 radical (unpaired) electrons. The molecule has 2 aromatic heterocycles. The number of rotatable bonds is 4. The Bertz CT molecular complexity index is 1010. The molecular weight excluding hydrogens is 340 g/mol. The molecule has 0 aliphatic carbocycles. The third-order valence-electron chi connectivity index (χ3n) is 4.91. The lowest BCUT2D eigenvalue weighted by atomic mass is 10.00. The second kappa shape index (κ2) is 7.23. The standard InChI is InChI=1S/C21H22N4O2/c1-2-11-22-20(26)18-17-9-5-6-12-25(17)19(23-18)21(27)24-13-10-15-7-3-4-8-16(15)14-24/h3-9,12H,2,10-11,13-14H2,1H3,(H,22,26). The van der Waals surface area contributed by atoms with Crippen LogP contribution in [0, 0.1) is 0 Å². The number of nitrogens with zero attached hydrogens (tertiary/aromatic N) is 3. The highest BCUT2D eigenvalue weighted by molar-refractivity contribution is 6.02. The molecule has 3 aromatic rings. The van der Waals surface area contributed by atoms with Crippen molar-refractivity contribution in [3.05, 3.63) is 71.3 Å². The molecule has 138 valence electrons. The fraction of sp³-hybridized carbons (Fsp3) is 0.286. The number of carbonyl (C=O) groups is 2. The van der Waals surface area contributed by atoms with Crippen molar-refractivity contribution in [1.29, 1.82) is 0 Å². The Balaban J connectivity index is 1.67. The first-order valence-electron chi connectivity index (χ1n) is 9.30. The summed E-state index contributed by atoms with van der Waals surface area (Å²) in [5, 5.41) is 2.85. The molecule has 0 fully saturated rings. The molecule has 1 N–H and O–H groups in total. The lowest BCUT2D eigenvalue weighted by Gasteiger charge is -2.28. The quantitative estimate of drug-likeness (QED) is 0.776. The summed E-state index contributed by atoms with van der Waals surface area (Å²) in [6, 6.07) is 13.7. The number of fused-ring (bicyclic) bond motifs is 2. The summed E-state index contributed by atoms with van der Waals surface area (Å²) in [6.07, 6.45) is 3.45. The summed E-state index contributed by atoms with van der Waals surface area (Å²) in [6.45, 7) is 3.79. The molecular formula is C21H22N4O2. The second-order valence-electron chi connectivity index (χ2n) is 6.74. The van der Waals surface area contributed by atoms with Gasteiger partial charge < -0.3 is 10.2 Å². The van der Waals surface area contributed by atoms with Gasteiger partial charge in [-0.2, -0.15) is 0 Å². The van der Waals surface area contributed by atoms with E-state index in [1.165, 1.54) is 11.1 Å². The van der Waals surface area contributed by atoms with E-state index in [4.69, 9.17) is 0 Å². The Kier molecular flexibility index (Phi) is 4.62. The maximum absolute atomic E-state index is 13.2. The van der Waals surface area contributed by atoms with Gasteiger partial charge >= 0.3 is 0 Å². The van der Waals surface area contributed by atoms with Gasteiger partial charge in [0.25, 0.3) is 11.8 Å². The Morgan fingerprint density at radius 3 is 2.70 bits per heavy atom. The van der Waals surface area contributed by atoms with Crippen LogP contribution in [0.5, 0.6) is 0 Å². The van der Waals surface area contributed by atoms with Gasteiger partial charge in [0.2, 0.25) is 5.82 Å². The van der Waals surface area contributed by atoms with Crippen LogP contribution in [0.2, 0.25) is 0 Å². The smallest absolute Gasteiger partial charge is 0.290 e. The van der Waals surface area contributed by atoms with Crippen LogP contribution in [-0.4, -0.2) is 39.2 Å². The largest absolute Gasteiger partial charge is 0.351 e. The predicted molar refractivity (Wildman–Crippen MR) is 103 cm³/mol. The van der Waals surface area contributed by atoms with Gasteiger partial charge in [0, 0.05) is 25.8 Å². The summed E-state index contributed by atoms with van der Waals surface area (Å²) in [4.78, 5) is 31.9.